The molecule has 0 aliphatic carbocycles. The molecule has 0 radical (unpaired) electrons. The number of hydrogen-bond acceptors (Lipinski definition) is 9. The number of nitrogens with one attached hydrogen (secondary N) is 1. The Balaban J connectivity index is 1.82. The highest BCUT2D eigenvalue weighted by Gasteiger charge is 2.24. The van der Waals surface area contributed by atoms with Gasteiger partial charge in [0, 0.05) is 25.8 Å². The zero-order valence-electron chi connectivity index (χ0n) is 20.6. The molecule has 0 saturated heterocycles. The summed E-state index contributed by atoms with van der Waals surface area (Å²) in [6.45, 7) is 0.954. The Morgan fingerprint density at radius 1 is 1.06 bits per heavy atom. The summed E-state index contributed by atoms with van der Waals surface area (Å²) in [5, 5.41) is 7.41. The fourth-order valence-corrected chi connectivity index (χ4v) is 3.80. The van der Waals surface area contributed by atoms with Gasteiger partial charge in [0.15, 0.2) is 17.1 Å². The van der Waals surface area contributed by atoms with Crippen LogP contribution in [0.2, 0.25) is 0 Å². The van der Waals surface area contributed by atoms with E-state index in [1.165, 1.54) is 26.0 Å². The van der Waals surface area contributed by atoms with Crippen LogP contribution in [0.3, 0.4) is 0 Å². The van der Waals surface area contributed by atoms with Gasteiger partial charge in [0.25, 0.3) is 5.91 Å². The number of para-hydroxylation sites is 2. The van der Waals surface area contributed by atoms with Gasteiger partial charge in [-0.2, -0.15) is 9.78 Å². The monoisotopic (exact) mass is 492 g/mol. The molecule has 0 unspecified atom stereocenters. The minimum Gasteiger partial charge on any atom is -0.493 e. The molecule has 2 aromatic heterocycles. The van der Waals surface area contributed by atoms with E-state index in [0.29, 0.717) is 64.6 Å². The van der Waals surface area contributed by atoms with Crippen molar-refractivity contribution >= 4 is 40.1 Å². The quantitative estimate of drug-likeness (QED) is 0.255. The van der Waals surface area contributed by atoms with E-state index in [-0.39, 0.29) is 17.3 Å². The normalized spacial score (nSPS) is 11.3. The first-order valence-corrected chi connectivity index (χ1v) is 11.2. The number of nitrogens with two attached hydrogens (primary N) is 1. The maximum atomic E-state index is 13.1. The predicted octanol–water partition coefficient (Wildman–Crippen LogP) is 2.84. The third kappa shape index (κ3) is 4.73. The van der Waals surface area contributed by atoms with Crippen LogP contribution in [-0.2, 0) is 4.74 Å². The number of fused-ring (bicyclic) bond motifs is 2. The highest BCUT2D eigenvalue weighted by Crippen LogP contribution is 2.38. The summed E-state index contributed by atoms with van der Waals surface area (Å²) in [5.41, 5.74) is 9.33. The predicted molar refractivity (Wildman–Crippen MR) is 137 cm³/mol. The molecule has 0 bridgehead atoms. The van der Waals surface area contributed by atoms with Crippen LogP contribution in [0.1, 0.15) is 22.3 Å². The van der Waals surface area contributed by atoms with Crippen LogP contribution in [0.5, 0.6) is 17.2 Å². The summed E-state index contributed by atoms with van der Waals surface area (Å²) in [6, 6.07) is 10.9. The van der Waals surface area contributed by atoms with Crippen molar-refractivity contribution in [3.63, 3.8) is 0 Å². The lowest BCUT2D eigenvalue weighted by Crippen LogP contribution is -2.26. The molecule has 11 heteroatoms. The third-order valence-electron chi connectivity index (χ3n) is 5.52. The van der Waals surface area contributed by atoms with Gasteiger partial charge in [-0.3, -0.25) is 4.79 Å². The van der Waals surface area contributed by atoms with E-state index in [0.717, 1.165) is 0 Å². The summed E-state index contributed by atoms with van der Waals surface area (Å²) in [6.07, 6.45) is 2.23. The first-order chi connectivity index (χ1) is 17.5. The van der Waals surface area contributed by atoms with Crippen LogP contribution in [-0.4, -0.2) is 68.4 Å². The SMILES string of the molecule is COCCCNC(=O)c1c(N)n(/N=C\c2cc(OC)c(OC)c(OC)c2)c2nc3ccccc3nc12. The van der Waals surface area contributed by atoms with Crippen molar-refractivity contribution in [2.24, 2.45) is 5.10 Å². The first kappa shape index (κ1) is 24.7. The van der Waals surface area contributed by atoms with Crippen LogP contribution >= 0.6 is 0 Å². The zero-order valence-corrected chi connectivity index (χ0v) is 20.6. The molecule has 4 aromatic rings. The number of carbonyl (C=O) groups excluding carboxylic acids is 1. The summed E-state index contributed by atoms with van der Waals surface area (Å²) in [4.78, 5) is 22.5. The number of aromatic nitrogens is 3. The van der Waals surface area contributed by atoms with Gasteiger partial charge in [0.05, 0.1) is 38.6 Å². The molecule has 0 aliphatic rings. The Labute approximate surface area is 207 Å². The Morgan fingerprint density at radius 2 is 1.72 bits per heavy atom. The van der Waals surface area contributed by atoms with Gasteiger partial charge in [-0.05, 0) is 30.7 Å². The van der Waals surface area contributed by atoms with Crippen molar-refractivity contribution in [3.05, 3.63) is 47.5 Å². The summed E-state index contributed by atoms with van der Waals surface area (Å²) in [5.74, 6) is 1.18. The number of nitrogen functional groups attached to an aromatic ring is 1. The van der Waals surface area contributed by atoms with Gasteiger partial charge in [-0.25, -0.2) is 9.97 Å². The number of benzene rings is 2. The minimum atomic E-state index is -0.361. The molecule has 0 fully saturated rings. The Kier molecular flexibility index (Phi) is 7.50. The van der Waals surface area contributed by atoms with E-state index in [2.05, 4.69) is 15.4 Å². The van der Waals surface area contributed by atoms with Gasteiger partial charge < -0.3 is 30.0 Å². The van der Waals surface area contributed by atoms with Crippen molar-refractivity contribution in [3.8, 4) is 17.2 Å². The molecule has 4 rings (SSSR count). The number of carbonyl (C=O) groups is 1. The lowest BCUT2D eigenvalue weighted by Gasteiger charge is -2.12. The summed E-state index contributed by atoms with van der Waals surface area (Å²) < 4.78 is 22.7. The molecule has 0 saturated carbocycles. The highest BCUT2D eigenvalue weighted by molar-refractivity contribution is 6.10. The third-order valence-corrected chi connectivity index (χ3v) is 5.52. The van der Waals surface area contributed by atoms with Gasteiger partial charge in [0.1, 0.15) is 16.9 Å². The summed E-state index contributed by atoms with van der Waals surface area (Å²) >= 11 is 0. The smallest absolute Gasteiger partial charge is 0.257 e. The van der Waals surface area contributed by atoms with Gasteiger partial charge in [-0.1, -0.05) is 12.1 Å². The number of hydrogen-bond donors (Lipinski definition) is 2. The second-order valence-electron chi connectivity index (χ2n) is 7.76. The van der Waals surface area contributed by atoms with Crippen LogP contribution in [0.4, 0.5) is 5.82 Å². The Morgan fingerprint density at radius 3 is 2.33 bits per heavy atom. The first-order valence-electron chi connectivity index (χ1n) is 11.2. The second-order valence-corrected chi connectivity index (χ2v) is 7.76. The van der Waals surface area contributed by atoms with E-state index in [1.54, 1.807) is 25.5 Å². The molecular formula is C25H28N6O5. The van der Waals surface area contributed by atoms with Gasteiger partial charge >= 0.3 is 0 Å². The maximum Gasteiger partial charge on any atom is 0.257 e. The molecular weight excluding hydrogens is 464 g/mol. The average Bonchev–Trinajstić information content (AvgIpc) is 3.17. The van der Waals surface area contributed by atoms with Crippen LogP contribution in [0.25, 0.3) is 22.2 Å². The van der Waals surface area contributed by atoms with Crippen LogP contribution in [0.15, 0.2) is 41.5 Å². The van der Waals surface area contributed by atoms with Crippen molar-refractivity contribution in [1.29, 1.82) is 0 Å². The van der Waals surface area contributed by atoms with Crippen molar-refractivity contribution < 1.29 is 23.7 Å². The topological polar surface area (TPSA) is 135 Å². The number of methoxy groups -OCH3 is 4. The number of nitrogens with zero attached hydrogens (tertiary/aromatic N) is 4. The van der Waals surface area contributed by atoms with Crippen LogP contribution in [0, 0.1) is 0 Å². The molecule has 11 nitrogen and oxygen atoms in total. The lowest BCUT2D eigenvalue weighted by atomic mass is 10.2. The number of rotatable bonds is 10. The van der Waals surface area contributed by atoms with Crippen molar-refractivity contribution in [2.75, 3.05) is 47.3 Å². The van der Waals surface area contributed by atoms with Crippen molar-refractivity contribution in [1.82, 2.24) is 20.0 Å². The second kappa shape index (κ2) is 10.9. The van der Waals surface area contributed by atoms with E-state index in [4.69, 9.17) is 29.7 Å². The molecule has 0 atom stereocenters. The van der Waals surface area contributed by atoms with E-state index < -0.39 is 0 Å². The average molecular weight is 493 g/mol. The molecule has 36 heavy (non-hydrogen) atoms. The highest BCUT2D eigenvalue weighted by atomic mass is 16.5. The maximum absolute atomic E-state index is 13.1. The summed E-state index contributed by atoms with van der Waals surface area (Å²) in [7, 11) is 6.22. The molecule has 0 aliphatic heterocycles. The number of anilines is 1. The molecule has 1 amide bonds. The molecule has 0 spiro atoms. The van der Waals surface area contributed by atoms with E-state index in [9.17, 15) is 4.79 Å². The molecule has 2 aromatic carbocycles. The Bertz CT molecular complexity index is 1410. The zero-order chi connectivity index (χ0) is 25.7. The van der Waals surface area contributed by atoms with Gasteiger partial charge in [-0.15, -0.1) is 0 Å². The number of ether oxygens (including phenoxy) is 4. The Hall–Kier alpha value is -4.38. The van der Waals surface area contributed by atoms with E-state index in [1.807, 2.05) is 24.3 Å². The molecule has 3 N–H and O–H groups in total. The number of amides is 1. The van der Waals surface area contributed by atoms with Crippen molar-refractivity contribution in [2.45, 2.75) is 6.42 Å². The lowest BCUT2D eigenvalue weighted by molar-refractivity contribution is 0.0951. The fraction of sp³-hybridized carbons (Fsp3) is 0.280. The molecule has 188 valence electrons. The molecule has 2 heterocycles. The van der Waals surface area contributed by atoms with Crippen LogP contribution < -0.4 is 25.3 Å². The standard InChI is InChI=1S/C25H28N6O5/c1-33-11-7-10-27-25(32)20-21-24(30-17-9-6-5-8-16(17)29-21)31(23(20)26)28-14-15-12-18(34-2)22(36-4)19(13-15)35-3/h5-6,8-9,12-14H,7,10-11,26H2,1-4H3,(H,27,32)/b28-14-. The fourth-order valence-electron chi connectivity index (χ4n) is 3.80. The minimum absolute atomic E-state index is 0.119. The van der Waals surface area contributed by atoms with E-state index >= 15 is 0 Å². The van der Waals surface area contributed by atoms with Gasteiger partial charge in [0.2, 0.25) is 5.75 Å². The largest absolute Gasteiger partial charge is 0.493 e.